The summed E-state index contributed by atoms with van der Waals surface area (Å²) in [5, 5.41) is 0. The van der Waals surface area contributed by atoms with E-state index in [9.17, 15) is 8.42 Å². The van der Waals surface area contributed by atoms with Crippen molar-refractivity contribution in [2.45, 2.75) is 85.5 Å². The van der Waals surface area contributed by atoms with Gasteiger partial charge in [-0.3, -0.25) is 0 Å². The van der Waals surface area contributed by atoms with Crippen LogP contribution in [0, 0.1) is 37.5 Å². The number of sulfonamides is 1. The zero-order chi connectivity index (χ0) is 34.4. The molecule has 6 rings (SSSR count). The van der Waals surface area contributed by atoms with Gasteiger partial charge in [0.25, 0.3) is 10.0 Å². The number of aromatic nitrogens is 4. The second-order valence-corrected chi connectivity index (χ2v) is 17.3. The average molecular weight is 669 g/mol. The molecular formula is C38H48N6O3S. The highest BCUT2D eigenvalue weighted by molar-refractivity contribution is 7.92. The zero-order valence-electron chi connectivity index (χ0n) is 29.5. The summed E-state index contributed by atoms with van der Waals surface area (Å²) in [7, 11) is -4.02. The summed E-state index contributed by atoms with van der Waals surface area (Å²) < 4.78 is 37.0. The highest BCUT2D eigenvalue weighted by atomic mass is 32.2. The maximum absolute atomic E-state index is 13.9. The Morgan fingerprint density at radius 2 is 1.69 bits per heavy atom. The lowest BCUT2D eigenvalue weighted by molar-refractivity contribution is 0.165. The van der Waals surface area contributed by atoms with Crippen molar-refractivity contribution in [1.29, 1.82) is 0 Å². The van der Waals surface area contributed by atoms with Crippen LogP contribution in [-0.2, 0) is 16.4 Å². The van der Waals surface area contributed by atoms with Gasteiger partial charge in [0.1, 0.15) is 5.82 Å². The number of aryl methyl sites for hydroxylation is 2. The fraction of sp³-hybridized carbons (Fsp3) is 0.474. The minimum atomic E-state index is -4.02. The van der Waals surface area contributed by atoms with Crippen LogP contribution >= 0.6 is 0 Å². The fourth-order valence-corrected chi connectivity index (χ4v) is 8.20. The van der Waals surface area contributed by atoms with Crippen LogP contribution < -0.4 is 14.4 Å². The first-order chi connectivity index (χ1) is 22.6. The van der Waals surface area contributed by atoms with Crippen molar-refractivity contribution in [1.82, 2.24) is 19.9 Å². The number of hydrogen-bond acceptors (Lipinski definition) is 8. The molecule has 0 spiro atoms. The van der Waals surface area contributed by atoms with Crippen LogP contribution in [0.5, 0.6) is 5.88 Å². The Morgan fingerprint density at radius 3 is 2.33 bits per heavy atom. The lowest BCUT2D eigenvalue weighted by Gasteiger charge is -2.33. The average Bonchev–Trinajstić information content (AvgIpc) is 3.38. The van der Waals surface area contributed by atoms with E-state index in [1.807, 2.05) is 57.4 Å². The largest absolute Gasteiger partial charge is 0.477 e. The van der Waals surface area contributed by atoms with Gasteiger partial charge in [-0.1, -0.05) is 65.0 Å². The molecule has 2 aromatic heterocycles. The molecule has 2 atom stereocenters. The van der Waals surface area contributed by atoms with Crippen LogP contribution in [-0.4, -0.2) is 48.1 Å². The minimum absolute atomic E-state index is 0.000500. The monoisotopic (exact) mass is 668 g/mol. The van der Waals surface area contributed by atoms with Gasteiger partial charge in [-0.05, 0) is 79.2 Å². The van der Waals surface area contributed by atoms with Crippen molar-refractivity contribution in [3.63, 3.8) is 0 Å². The number of benzene rings is 2. The molecule has 9 nitrogen and oxygen atoms in total. The molecule has 4 aromatic rings. The Hall–Kier alpha value is -4.05. The van der Waals surface area contributed by atoms with Gasteiger partial charge >= 0.3 is 0 Å². The Bertz CT molecular complexity index is 1900. The van der Waals surface area contributed by atoms with Crippen molar-refractivity contribution >= 4 is 21.7 Å². The molecule has 48 heavy (non-hydrogen) atoms. The molecule has 1 unspecified atom stereocenters. The van der Waals surface area contributed by atoms with Crippen molar-refractivity contribution in [2.75, 3.05) is 29.3 Å². The summed E-state index contributed by atoms with van der Waals surface area (Å²) in [5.41, 5.74) is 6.62. The first-order valence-corrected chi connectivity index (χ1v) is 18.3. The molecule has 2 aliphatic heterocycles. The van der Waals surface area contributed by atoms with Crippen LogP contribution in [0.2, 0.25) is 0 Å². The third-order valence-electron chi connectivity index (χ3n) is 9.66. The molecule has 1 N–H and O–H groups in total. The van der Waals surface area contributed by atoms with Crippen molar-refractivity contribution in [2.24, 2.45) is 16.7 Å². The number of rotatable bonds is 5. The van der Waals surface area contributed by atoms with Gasteiger partial charge in [-0.2, -0.15) is 4.98 Å². The van der Waals surface area contributed by atoms with E-state index in [1.165, 1.54) is 0 Å². The molecule has 1 fully saturated rings. The maximum atomic E-state index is 13.9. The fourth-order valence-electron chi connectivity index (χ4n) is 7.20. The summed E-state index contributed by atoms with van der Waals surface area (Å²) >= 11 is 0. The summed E-state index contributed by atoms with van der Waals surface area (Å²) in [6.07, 6.45) is 6.36. The van der Waals surface area contributed by atoms with E-state index in [-0.39, 0.29) is 33.5 Å². The van der Waals surface area contributed by atoms with Crippen molar-refractivity contribution < 1.29 is 13.2 Å². The molecule has 254 valence electrons. The molecule has 1 saturated heterocycles. The summed E-state index contributed by atoms with van der Waals surface area (Å²) in [6.45, 7) is 19.6. The highest BCUT2D eigenvalue weighted by Gasteiger charge is 2.33. The van der Waals surface area contributed by atoms with E-state index in [0.29, 0.717) is 24.6 Å². The van der Waals surface area contributed by atoms with Crippen LogP contribution in [0.15, 0.2) is 59.8 Å². The molecule has 0 saturated carbocycles. The van der Waals surface area contributed by atoms with E-state index in [4.69, 9.17) is 19.7 Å². The molecule has 10 heteroatoms. The Morgan fingerprint density at radius 1 is 1.00 bits per heavy atom. The van der Waals surface area contributed by atoms with Gasteiger partial charge in [-0.25, -0.2) is 28.1 Å². The number of hydrogen-bond donors (Lipinski definition) is 1. The maximum Gasteiger partial charge on any atom is 0.264 e. The number of anilines is 2. The van der Waals surface area contributed by atoms with E-state index in [2.05, 4.69) is 49.2 Å². The van der Waals surface area contributed by atoms with Crippen LogP contribution in [0.4, 0.5) is 11.6 Å². The zero-order valence-corrected chi connectivity index (χ0v) is 30.3. The van der Waals surface area contributed by atoms with Gasteiger partial charge in [0.15, 0.2) is 0 Å². The number of fused-ring (bicyclic) bond motifs is 4. The molecule has 2 aromatic carbocycles. The minimum Gasteiger partial charge on any atom is -0.477 e. The van der Waals surface area contributed by atoms with Gasteiger partial charge in [0.2, 0.25) is 11.8 Å². The quantitative estimate of drug-likeness (QED) is 0.231. The first-order valence-electron chi connectivity index (χ1n) is 16.9. The summed E-state index contributed by atoms with van der Waals surface area (Å²) in [6, 6.07) is 13.3. The van der Waals surface area contributed by atoms with Crippen molar-refractivity contribution in [3.8, 4) is 17.1 Å². The van der Waals surface area contributed by atoms with Gasteiger partial charge in [0.05, 0.1) is 35.3 Å². The molecule has 0 aliphatic carbocycles. The molecule has 0 amide bonds. The van der Waals surface area contributed by atoms with E-state index < -0.39 is 10.0 Å². The number of nitrogens with zero attached hydrogens (tertiary/aromatic N) is 5. The lowest BCUT2D eigenvalue weighted by atomic mass is 9.75. The third kappa shape index (κ3) is 7.33. The van der Waals surface area contributed by atoms with Gasteiger partial charge in [0, 0.05) is 36.6 Å². The third-order valence-corrected chi connectivity index (χ3v) is 11.0. The van der Waals surface area contributed by atoms with E-state index in [1.54, 1.807) is 18.2 Å². The van der Waals surface area contributed by atoms with E-state index in [0.717, 1.165) is 65.3 Å². The normalized spacial score (nSPS) is 20.3. The second kappa shape index (κ2) is 12.8. The molecular weight excluding hydrogens is 621 g/mol. The number of ether oxygens (including phenoxy) is 1. The molecule has 2 aliphatic rings. The van der Waals surface area contributed by atoms with Crippen molar-refractivity contribution in [3.05, 3.63) is 82.9 Å². The lowest BCUT2D eigenvalue weighted by Crippen LogP contribution is -2.28. The predicted octanol–water partition coefficient (Wildman–Crippen LogP) is 7.67. The Balaban J connectivity index is 1.43. The molecule has 4 heterocycles. The van der Waals surface area contributed by atoms with Crippen LogP contribution in [0.1, 0.15) is 81.5 Å². The van der Waals surface area contributed by atoms with Gasteiger partial charge < -0.3 is 9.64 Å². The molecule has 4 bridgehead atoms. The Kier molecular flexibility index (Phi) is 9.00. The van der Waals surface area contributed by atoms with Gasteiger partial charge in [-0.15, -0.1) is 0 Å². The van der Waals surface area contributed by atoms with Crippen LogP contribution in [0.3, 0.4) is 0 Å². The summed E-state index contributed by atoms with van der Waals surface area (Å²) in [4.78, 5) is 21.6. The van der Waals surface area contributed by atoms with E-state index >= 15 is 0 Å². The predicted molar refractivity (Wildman–Crippen MR) is 191 cm³/mol. The number of nitrogens with one attached hydrogen (secondary N) is 1. The molecule has 0 radical (unpaired) electrons. The first kappa shape index (κ1) is 33.8. The smallest absolute Gasteiger partial charge is 0.264 e. The SMILES string of the molecule is Cc1cccc(C)c1-c1nc2nc(c1C)OC[C@@H](CC(C)(C)C)C(Cc1ncc(N3CCC(C)(C)C3)cn1)c1cccc(c1)S(=O)(=O)N2. The topological polar surface area (TPSA) is 110 Å². The highest BCUT2D eigenvalue weighted by Crippen LogP contribution is 2.40. The second-order valence-electron chi connectivity index (χ2n) is 15.6. The standard InChI is InChI=1S/C38H48N6O3S/c1-24-11-9-12-25(2)33(24)34-26(3)35-42-36(41-34)43-48(45,46)30-14-10-13-27(17-30)31(28(22-47-35)19-37(4,5)6)18-32-39-20-29(21-40-32)44-16-15-38(7,8)23-44/h9-14,17,20-21,28,31H,15-16,18-19,22-23H2,1-8H3,(H,41,42,43)/t28-,31?/m1/s1. The Labute approximate surface area is 285 Å². The van der Waals surface area contributed by atoms with Crippen LogP contribution in [0.25, 0.3) is 11.3 Å². The summed E-state index contributed by atoms with van der Waals surface area (Å²) in [5.74, 6) is 0.960.